The average Bonchev–Trinajstić information content (AvgIpc) is 3.45. The third kappa shape index (κ3) is 9.35. The van der Waals surface area contributed by atoms with E-state index >= 15 is 0 Å². The maximum absolute atomic E-state index is 13.8. The van der Waals surface area contributed by atoms with Crippen molar-refractivity contribution in [1.82, 2.24) is 10.3 Å². The molecular weight excluding hydrogens is 698 g/mol. The van der Waals surface area contributed by atoms with E-state index in [-0.39, 0.29) is 91.1 Å². The molecule has 0 saturated heterocycles. The van der Waals surface area contributed by atoms with Crippen LogP contribution in [0.4, 0.5) is 5.82 Å². The fourth-order valence-electron chi connectivity index (χ4n) is 6.43. The van der Waals surface area contributed by atoms with Crippen molar-refractivity contribution in [2.45, 2.75) is 80.3 Å². The van der Waals surface area contributed by atoms with Gasteiger partial charge in [0.1, 0.15) is 34.7 Å². The van der Waals surface area contributed by atoms with E-state index < -0.39 is 23.8 Å². The number of aromatic carboxylic acids is 2. The van der Waals surface area contributed by atoms with Crippen LogP contribution >= 0.6 is 0 Å². The molecule has 50 heavy (non-hydrogen) atoms. The Hall–Kier alpha value is -4.58. The van der Waals surface area contributed by atoms with E-state index in [0.717, 1.165) is 42.2 Å². The fourth-order valence-corrected chi connectivity index (χ4v) is 6.43. The molecule has 1 aromatic heterocycles. The molecule has 1 aromatic carbocycles. The summed E-state index contributed by atoms with van der Waals surface area (Å²) < 4.78 is 11.6. The van der Waals surface area contributed by atoms with Gasteiger partial charge >= 0.3 is 11.9 Å². The van der Waals surface area contributed by atoms with Gasteiger partial charge in [0.2, 0.25) is 5.91 Å². The van der Waals surface area contributed by atoms with Gasteiger partial charge in [-0.3, -0.25) is 9.59 Å². The minimum atomic E-state index is -1.49. The van der Waals surface area contributed by atoms with Crippen LogP contribution < -0.4 is 25.5 Å². The first-order valence-electron chi connectivity index (χ1n) is 16.2. The Morgan fingerprint density at radius 2 is 1.70 bits per heavy atom. The quantitative estimate of drug-likeness (QED) is 0.172. The SMILES string of the molecule is CC(=O)Nc1[n-]c(/C=C2\N=C(NC(=O)CCCOc3cc(C(=O)[O-])ccc3C(=O)O)C(C(=O)OC3C(C)CC(C)CC3C)=C2C)c(C)c1C.[Zn]. The number of rotatable bonds is 11. The van der Waals surface area contributed by atoms with E-state index in [1.165, 1.54) is 6.92 Å². The van der Waals surface area contributed by atoms with E-state index in [2.05, 4.69) is 41.4 Å². The van der Waals surface area contributed by atoms with Gasteiger partial charge in [-0.25, -0.2) is 14.6 Å². The van der Waals surface area contributed by atoms with Gasteiger partial charge in [-0.1, -0.05) is 32.7 Å². The average molecular weight is 740 g/mol. The molecule has 1 fully saturated rings. The number of anilines is 1. The van der Waals surface area contributed by atoms with Crippen molar-refractivity contribution in [3.63, 3.8) is 0 Å². The number of carbonyl (C=O) groups is 5. The fraction of sp³-hybridized carbons (Fsp3) is 0.444. The van der Waals surface area contributed by atoms with E-state index in [9.17, 15) is 34.2 Å². The van der Waals surface area contributed by atoms with Gasteiger partial charge in [-0.05, 0) is 105 Å². The normalized spacial score (nSPS) is 20.9. The third-order valence-corrected chi connectivity index (χ3v) is 8.96. The summed E-state index contributed by atoms with van der Waals surface area (Å²) in [5.41, 5.74) is 2.68. The molecule has 2 unspecified atom stereocenters. The van der Waals surface area contributed by atoms with Gasteiger partial charge < -0.3 is 40.1 Å². The van der Waals surface area contributed by atoms with Crippen LogP contribution in [0, 0.1) is 31.6 Å². The second kappa shape index (κ2) is 16.9. The van der Waals surface area contributed by atoms with Crippen molar-refractivity contribution in [2.24, 2.45) is 22.7 Å². The monoisotopic (exact) mass is 738 g/mol. The molecule has 0 bridgehead atoms. The Bertz CT molecular complexity index is 1760. The summed E-state index contributed by atoms with van der Waals surface area (Å²) in [6, 6.07) is 3.28. The molecule has 3 N–H and O–H groups in total. The number of hydrogen-bond acceptors (Lipinski definition) is 9. The molecule has 2 heterocycles. The second-order valence-electron chi connectivity index (χ2n) is 13.0. The molecule has 0 radical (unpaired) electrons. The summed E-state index contributed by atoms with van der Waals surface area (Å²) in [6.45, 7) is 13.0. The van der Waals surface area contributed by atoms with Crippen molar-refractivity contribution >= 4 is 47.5 Å². The Kier molecular flexibility index (Phi) is 13.5. The number of esters is 1. The number of carbonyl (C=O) groups excluding carboxylic acids is 4. The summed E-state index contributed by atoms with van der Waals surface area (Å²) in [5, 5.41) is 26.1. The molecule has 264 valence electrons. The predicted octanol–water partition coefficient (Wildman–Crippen LogP) is 3.94. The molecule has 1 aliphatic heterocycles. The van der Waals surface area contributed by atoms with Crippen molar-refractivity contribution in [1.29, 1.82) is 0 Å². The summed E-state index contributed by atoms with van der Waals surface area (Å²) >= 11 is 0. The standard InChI is InChI=1S/C36H44N4O9.Zn/c1-17-13-18(2)31(19(3)14-17)49-36(47)30-22(6)27(16-26-20(4)21(5)32(38-26)37-23(7)41)39-33(30)40-29(42)9-8-12-48-28-15-24(34(43)44)10-11-25(28)35(45)46;/h10-11,15-19,31H,8-9,12-14H2,1-7H3,(H5,37,38,39,40,41,42,43,44,45,46,47);/p-2. The summed E-state index contributed by atoms with van der Waals surface area (Å²) in [5.74, 6) is -3.03. The summed E-state index contributed by atoms with van der Waals surface area (Å²) in [4.78, 5) is 70.5. The number of amidine groups is 1. The smallest absolute Gasteiger partial charge is 0.342 e. The van der Waals surface area contributed by atoms with Gasteiger partial charge in [-0.15, -0.1) is 0 Å². The number of nitrogens with zero attached hydrogens (tertiary/aromatic N) is 2. The first-order chi connectivity index (χ1) is 23.1. The summed E-state index contributed by atoms with van der Waals surface area (Å²) in [7, 11) is 0. The Balaban J connectivity index is 0.00000676. The number of aliphatic imine (C=N–C) groups is 1. The molecular formula is C36H42N4O9Zn-2. The van der Waals surface area contributed by atoms with Gasteiger partial charge in [-0.2, -0.15) is 0 Å². The Morgan fingerprint density at radius 1 is 1.04 bits per heavy atom. The van der Waals surface area contributed by atoms with Gasteiger partial charge in [0.05, 0.1) is 18.3 Å². The van der Waals surface area contributed by atoms with Crippen LogP contribution in [-0.4, -0.2) is 53.4 Å². The van der Waals surface area contributed by atoms with Gasteiger partial charge in [0.25, 0.3) is 0 Å². The Morgan fingerprint density at radius 3 is 2.30 bits per heavy atom. The topological polar surface area (TPSA) is 198 Å². The minimum Gasteiger partial charge on any atom is -0.545 e. The minimum absolute atomic E-state index is 0. The number of carboxylic acid groups (broad SMARTS) is 2. The zero-order valence-corrected chi connectivity index (χ0v) is 32.4. The van der Waals surface area contributed by atoms with Crippen LogP contribution in [0.5, 0.6) is 5.75 Å². The number of hydrogen-bond donors (Lipinski definition) is 3. The molecule has 2 amide bonds. The number of nitrogens with one attached hydrogen (secondary N) is 2. The largest absolute Gasteiger partial charge is 0.545 e. The first kappa shape index (κ1) is 39.9. The van der Waals surface area contributed by atoms with Crippen LogP contribution in [-0.2, 0) is 38.6 Å². The van der Waals surface area contributed by atoms with Crippen LogP contribution in [0.25, 0.3) is 6.08 Å². The van der Waals surface area contributed by atoms with E-state index in [1.807, 2.05) is 13.8 Å². The molecule has 2 aliphatic rings. The molecule has 2 atom stereocenters. The predicted molar refractivity (Wildman–Crippen MR) is 179 cm³/mol. The number of benzene rings is 1. The molecule has 4 rings (SSSR count). The number of carboxylic acids is 2. The Labute approximate surface area is 303 Å². The van der Waals surface area contributed by atoms with Crippen molar-refractivity contribution < 1.29 is 63.1 Å². The molecule has 14 heteroatoms. The number of aromatic nitrogens is 1. The molecule has 1 saturated carbocycles. The van der Waals surface area contributed by atoms with Gasteiger partial charge in [0.15, 0.2) is 0 Å². The first-order valence-corrected chi connectivity index (χ1v) is 16.2. The molecule has 2 aromatic rings. The second-order valence-corrected chi connectivity index (χ2v) is 13.0. The molecule has 0 spiro atoms. The van der Waals surface area contributed by atoms with Crippen molar-refractivity contribution in [2.75, 3.05) is 11.9 Å². The maximum Gasteiger partial charge on any atom is 0.342 e. The van der Waals surface area contributed by atoms with Crippen LogP contribution in [0.2, 0.25) is 0 Å². The zero-order valence-electron chi connectivity index (χ0n) is 29.5. The summed E-state index contributed by atoms with van der Waals surface area (Å²) in [6.07, 6.45) is 3.29. The van der Waals surface area contributed by atoms with E-state index in [4.69, 9.17) is 9.47 Å². The number of ether oxygens (including phenoxy) is 2. The van der Waals surface area contributed by atoms with Crippen LogP contribution in [0.1, 0.15) is 97.8 Å². The van der Waals surface area contributed by atoms with E-state index in [0.29, 0.717) is 28.7 Å². The third-order valence-electron chi connectivity index (χ3n) is 8.96. The van der Waals surface area contributed by atoms with E-state index in [1.54, 1.807) is 13.0 Å². The number of allylic oxidation sites excluding steroid dienone is 1. The maximum atomic E-state index is 13.8. The van der Waals surface area contributed by atoms with Crippen molar-refractivity contribution in [3.8, 4) is 5.75 Å². The van der Waals surface area contributed by atoms with Crippen LogP contribution in [0.15, 0.2) is 40.0 Å². The number of amides is 2. The van der Waals surface area contributed by atoms with Crippen LogP contribution in [0.3, 0.4) is 0 Å². The van der Waals surface area contributed by atoms with Crippen molar-refractivity contribution in [3.05, 3.63) is 63.0 Å². The van der Waals surface area contributed by atoms with Gasteiger partial charge in [0, 0.05) is 31.5 Å². The molecule has 13 nitrogen and oxygen atoms in total. The zero-order chi connectivity index (χ0) is 36.2. The molecule has 1 aliphatic carbocycles.